The zero-order chi connectivity index (χ0) is 8.72. The fraction of sp³-hybridized carbons (Fsp3) is 0.222. The van der Waals surface area contributed by atoms with Crippen molar-refractivity contribution in [3.8, 4) is 5.75 Å². The second-order valence-electron chi connectivity index (χ2n) is 2.96. The number of nitrogen functional groups attached to an aromatic ring is 1. The number of aryl methyl sites for hydroxylation is 1. The van der Waals surface area contributed by atoms with E-state index in [2.05, 4.69) is 0 Å². The number of aromatic hydroxyl groups is 1. The van der Waals surface area contributed by atoms with Crippen LogP contribution in [0.3, 0.4) is 0 Å². The molecule has 1 aliphatic carbocycles. The van der Waals surface area contributed by atoms with Crippen molar-refractivity contribution in [2.24, 2.45) is 0 Å². The van der Waals surface area contributed by atoms with E-state index in [1.165, 1.54) is 6.07 Å². The van der Waals surface area contributed by atoms with Gasteiger partial charge in [-0.1, -0.05) is 6.07 Å². The number of phenols is 1. The molecule has 12 heavy (non-hydrogen) atoms. The van der Waals surface area contributed by atoms with Crippen LogP contribution in [0.4, 0.5) is 5.69 Å². The molecule has 2 rings (SSSR count). The number of fused-ring (bicyclic) bond motifs is 1. The van der Waals surface area contributed by atoms with Gasteiger partial charge in [0, 0.05) is 12.0 Å². The summed E-state index contributed by atoms with van der Waals surface area (Å²) in [6.45, 7) is 0. The fourth-order valence-corrected chi connectivity index (χ4v) is 1.56. The fourth-order valence-electron chi connectivity index (χ4n) is 1.56. The molecule has 0 aliphatic heterocycles. The van der Waals surface area contributed by atoms with Crippen LogP contribution in [-0.4, -0.2) is 10.9 Å². The number of carbonyl (C=O) groups excluding carboxylic acids is 1. The molecule has 0 fully saturated rings. The van der Waals surface area contributed by atoms with E-state index in [9.17, 15) is 9.90 Å². The number of Topliss-reactive ketones (excluding diaryl/α,β-unsaturated/α-hetero) is 1. The number of hydrogen-bond donors (Lipinski definition) is 2. The number of nitrogens with two attached hydrogens (primary N) is 1. The molecule has 3 heteroatoms. The van der Waals surface area contributed by atoms with Gasteiger partial charge in [-0.05, 0) is 18.1 Å². The third-order valence-electron chi connectivity index (χ3n) is 2.21. The van der Waals surface area contributed by atoms with Crippen LogP contribution in [0.2, 0.25) is 0 Å². The first-order valence-corrected chi connectivity index (χ1v) is 3.83. The maximum atomic E-state index is 11.2. The molecular weight excluding hydrogens is 154 g/mol. The van der Waals surface area contributed by atoms with E-state index >= 15 is 0 Å². The number of benzene rings is 1. The molecule has 0 spiro atoms. The number of phenolic OH excluding ortho intramolecular Hbond substituents is 1. The Labute approximate surface area is 69.8 Å². The molecule has 0 bridgehead atoms. The van der Waals surface area contributed by atoms with Crippen molar-refractivity contribution in [2.75, 3.05) is 5.73 Å². The van der Waals surface area contributed by atoms with Crippen molar-refractivity contribution in [2.45, 2.75) is 12.8 Å². The first-order chi connectivity index (χ1) is 5.70. The molecule has 3 N–H and O–H groups in total. The number of carbonyl (C=O) groups is 1. The van der Waals surface area contributed by atoms with Crippen molar-refractivity contribution in [3.63, 3.8) is 0 Å². The quantitative estimate of drug-likeness (QED) is 0.444. The zero-order valence-corrected chi connectivity index (χ0v) is 6.50. The minimum absolute atomic E-state index is 0.00370. The Balaban J connectivity index is 2.71. The molecule has 1 aromatic rings. The van der Waals surface area contributed by atoms with Gasteiger partial charge in [0.05, 0.1) is 5.69 Å². The van der Waals surface area contributed by atoms with Gasteiger partial charge in [0.2, 0.25) is 0 Å². The first kappa shape index (κ1) is 7.16. The molecular formula is C9H9NO2. The predicted molar refractivity (Wildman–Crippen MR) is 45.2 cm³/mol. The second-order valence-corrected chi connectivity index (χ2v) is 2.96. The van der Waals surface area contributed by atoms with Crippen LogP contribution in [0.25, 0.3) is 0 Å². The molecule has 1 aromatic carbocycles. The summed E-state index contributed by atoms with van der Waals surface area (Å²) in [5.74, 6) is 0.0439. The van der Waals surface area contributed by atoms with Crippen LogP contribution < -0.4 is 5.73 Å². The summed E-state index contributed by atoms with van der Waals surface area (Å²) in [7, 11) is 0. The highest BCUT2D eigenvalue weighted by Crippen LogP contribution is 2.32. The molecule has 0 amide bonds. The van der Waals surface area contributed by atoms with Gasteiger partial charge in [-0.3, -0.25) is 4.79 Å². The summed E-state index contributed by atoms with van der Waals surface area (Å²) in [4.78, 5) is 11.2. The lowest BCUT2D eigenvalue weighted by molar-refractivity contribution is 0.0995. The molecule has 0 saturated carbocycles. The lowest BCUT2D eigenvalue weighted by Gasteiger charge is -2.03. The van der Waals surface area contributed by atoms with E-state index in [4.69, 9.17) is 5.73 Å². The first-order valence-electron chi connectivity index (χ1n) is 3.83. The standard InChI is InChI=1S/C9H9NO2/c10-9-7(12)4-2-5-1-3-6(11)8(5)9/h2,4,12H,1,3,10H2. The van der Waals surface area contributed by atoms with E-state index < -0.39 is 0 Å². The van der Waals surface area contributed by atoms with Gasteiger partial charge >= 0.3 is 0 Å². The van der Waals surface area contributed by atoms with Crippen molar-refractivity contribution in [3.05, 3.63) is 23.3 Å². The molecule has 0 radical (unpaired) electrons. The normalized spacial score (nSPS) is 14.8. The highest BCUT2D eigenvalue weighted by Gasteiger charge is 2.23. The maximum Gasteiger partial charge on any atom is 0.165 e. The van der Waals surface area contributed by atoms with Gasteiger partial charge in [0.15, 0.2) is 5.78 Å². The summed E-state index contributed by atoms with van der Waals surface area (Å²) in [5.41, 5.74) is 7.26. The Bertz CT molecular complexity index is 358. The maximum absolute atomic E-state index is 11.2. The second kappa shape index (κ2) is 2.24. The zero-order valence-electron chi connectivity index (χ0n) is 6.50. The number of hydrogen-bond acceptors (Lipinski definition) is 3. The Morgan fingerprint density at radius 2 is 2.08 bits per heavy atom. The smallest absolute Gasteiger partial charge is 0.165 e. The molecule has 0 aromatic heterocycles. The Hall–Kier alpha value is -1.51. The third-order valence-corrected chi connectivity index (χ3v) is 2.21. The van der Waals surface area contributed by atoms with Gasteiger partial charge in [-0.2, -0.15) is 0 Å². The minimum atomic E-state index is 0.00370. The molecule has 0 atom stereocenters. The summed E-state index contributed by atoms with van der Waals surface area (Å²) < 4.78 is 0. The topological polar surface area (TPSA) is 63.3 Å². The lowest BCUT2D eigenvalue weighted by Crippen LogP contribution is -1.98. The van der Waals surface area contributed by atoms with Gasteiger partial charge in [0.1, 0.15) is 5.75 Å². The average Bonchev–Trinajstić information content (AvgIpc) is 2.41. The van der Waals surface area contributed by atoms with E-state index in [1.54, 1.807) is 6.07 Å². The molecule has 3 nitrogen and oxygen atoms in total. The van der Waals surface area contributed by atoms with E-state index in [-0.39, 0.29) is 17.2 Å². The van der Waals surface area contributed by atoms with Crippen LogP contribution in [-0.2, 0) is 6.42 Å². The Morgan fingerprint density at radius 3 is 2.83 bits per heavy atom. The van der Waals surface area contributed by atoms with Crippen molar-refractivity contribution < 1.29 is 9.90 Å². The SMILES string of the molecule is Nc1c(O)ccc2c1C(=O)CC2. The van der Waals surface area contributed by atoms with Crippen LogP contribution in [0, 0.1) is 0 Å². The summed E-state index contributed by atoms with van der Waals surface area (Å²) in [6, 6.07) is 3.29. The number of rotatable bonds is 0. The van der Waals surface area contributed by atoms with Crippen molar-refractivity contribution >= 4 is 11.5 Å². The molecule has 0 saturated heterocycles. The van der Waals surface area contributed by atoms with Crippen LogP contribution in [0.5, 0.6) is 5.75 Å². The predicted octanol–water partition coefficient (Wildman–Crippen LogP) is 1.10. The van der Waals surface area contributed by atoms with Crippen LogP contribution in [0.15, 0.2) is 12.1 Å². The molecule has 1 aliphatic rings. The highest BCUT2D eigenvalue weighted by molar-refractivity contribution is 6.05. The largest absolute Gasteiger partial charge is 0.506 e. The molecule has 62 valence electrons. The highest BCUT2D eigenvalue weighted by atomic mass is 16.3. The lowest BCUT2D eigenvalue weighted by atomic mass is 10.1. The average molecular weight is 163 g/mol. The van der Waals surface area contributed by atoms with Crippen LogP contribution in [0.1, 0.15) is 22.3 Å². The van der Waals surface area contributed by atoms with E-state index in [0.717, 1.165) is 12.0 Å². The third kappa shape index (κ3) is 0.794. The monoisotopic (exact) mass is 163 g/mol. The van der Waals surface area contributed by atoms with E-state index in [1.807, 2.05) is 0 Å². The Kier molecular flexibility index (Phi) is 1.33. The van der Waals surface area contributed by atoms with Crippen LogP contribution >= 0.6 is 0 Å². The van der Waals surface area contributed by atoms with Gasteiger partial charge in [-0.15, -0.1) is 0 Å². The minimum Gasteiger partial charge on any atom is -0.506 e. The van der Waals surface area contributed by atoms with Crippen molar-refractivity contribution in [1.29, 1.82) is 0 Å². The number of anilines is 1. The number of ketones is 1. The molecule has 0 unspecified atom stereocenters. The summed E-state index contributed by atoms with van der Waals surface area (Å²) in [6.07, 6.45) is 1.27. The van der Waals surface area contributed by atoms with E-state index in [0.29, 0.717) is 12.0 Å². The van der Waals surface area contributed by atoms with Gasteiger partial charge < -0.3 is 10.8 Å². The summed E-state index contributed by atoms with van der Waals surface area (Å²) in [5, 5.41) is 9.22. The van der Waals surface area contributed by atoms with Gasteiger partial charge in [-0.25, -0.2) is 0 Å². The van der Waals surface area contributed by atoms with Gasteiger partial charge in [0.25, 0.3) is 0 Å². The Morgan fingerprint density at radius 1 is 1.33 bits per heavy atom. The summed E-state index contributed by atoms with van der Waals surface area (Å²) >= 11 is 0. The molecule has 0 heterocycles. The van der Waals surface area contributed by atoms with Crippen molar-refractivity contribution in [1.82, 2.24) is 0 Å².